The minimum Gasteiger partial charge on any atom is -0.372 e. The molecule has 0 atom stereocenters. The molecule has 0 saturated carbocycles. The van der Waals surface area contributed by atoms with Crippen LogP contribution in [-0.4, -0.2) is 45.5 Å². The average molecular weight is 517 g/mol. The Balaban J connectivity index is 1.95. The number of nitrogens with zero attached hydrogens (tertiary/aromatic N) is 3. The number of rotatable bonds is 16. The number of anilines is 2. The van der Waals surface area contributed by atoms with Gasteiger partial charge in [0.05, 0.1) is 0 Å². The molecule has 0 fully saturated rings. The molecule has 2 aromatic rings. The van der Waals surface area contributed by atoms with E-state index in [1.807, 2.05) is 13.8 Å². The van der Waals surface area contributed by atoms with Crippen LogP contribution in [0.5, 0.6) is 0 Å². The van der Waals surface area contributed by atoms with Crippen molar-refractivity contribution in [3.05, 3.63) is 85.0 Å². The van der Waals surface area contributed by atoms with Crippen molar-refractivity contribution in [2.75, 3.05) is 49.6 Å². The summed E-state index contributed by atoms with van der Waals surface area (Å²) in [6, 6.07) is 17.6. The predicted molar refractivity (Wildman–Crippen MR) is 164 cm³/mol. The van der Waals surface area contributed by atoms with Gasteiger partial charge in [0, 0.05) is 74.1 Å². The molecule has 0 amide bonds. The molecule has 204 valence electrons. The largest absolute Gasteiger partial charge is 0.372 e. The second-order valence-corrected chi connectivity index (χ2v) is 9.51. The van der Waals surface area contributed by atoms with Gasteiger partial charge in [-0.15, -0.1) is 0 Å². The zero-order chi connectivity index (χ0) is 27.2. The summed E-state index contributed by atoms with van der Waals surface area (Å²) < 4.78 is 13.7. The zero-order valence-corrected chi connectivity index (χ0v) is 23.9. The van der Waals surface area contributed by atoms with Gasteiger partial charge in [-0.1, -0.05) is 33.3 Å². The lowest BCUT2D eigenvalue weighted by Crippen LogP contribution is -2.29. The highest BCUT2D eigenvalue weighted by atomic mass is 16.5. The number of hydrogen-bond acceptors (Lipinski definition) is 4. The van der Waals surface area contributed by atoms with E-state index in [2.05, 4.69) is 108 Å². The first-order valence-electron chi connectivity index (χ1n) is 14.2. The minimum absolute atomic E-state index is 0.499. The summed E-state index contributed by atoms with van der Waals surface area (Å²) in [6.07, 6.45) is 13.2. The number of hydrogen-bond donors (Lipinski definition) is 0. The van der Waals surface area contributed by atoms with Gasteiger partial charge in [-0.25, -0.2) is 0 Å². The molecule has 0 aliphatic heterocycles. The summed E-state index contributed by atoms with van der Waals surface area (Å²) in [5.41, 5.74) is 6.70. The van der Waals surface area contributed by atoms with E-state index >= 15 is 0 Å². The quantitative estimate of drug-likeness (QED) is 0.168. The maximum Gasteiger partial charge on any atom is 0.211 e. The zero-order valence-electron chi connectivity index (χ0n) is 23.9. The van der Waals surface area contributed by atoms with E-state index in [0.29, 0.717) is 26.7 Å². The first-order valence-corrected chi connectivity index (χ1v) is 14.2. The maximum atomic E-state index is 5.68. The SMILES string of the molecule is C=C1C=CC(=[N+](c2ccc(N(CCCC)CCCC)cc2)c2ccc(N(COCC)COCC)cc2)C=C1. The molecule has 0 aromatic heterocycles. The fraction of sp³-hybridized carbons (Fsp3) is 0.424. The van der Waals surface area contributed by atoms with Gasteiger partial charge in [0.15, 0.2) is 0 Å². The lowest BCUT2D eigenvalue weighted by Gasteiger charge is -2.25. The highest BCUT2D eigenvalue weighted by Gasteiger charge is 2.20. The van der Waals surface area contributed by atoms with Gasteiger partial charge in [0.1, 0.15) is 13.5 Å². The van der Waals surface area contributed by atoms with Crippen LogP contribution in [0.15, 0.2) is 85.0 Å². The Hall–Kier alpha value is -3.15. The first-order chi connectivity index (χ1) is 18.6. The molecule has 0 saturated heterocycles. The van der Waals surface area contributed by atoms with Crippen LogP contribution in [0.25, 0.3) is 0 Å². The van der Waals surface area contributed by atoms with Crippen molar-refractivity contribution >= 4 is 28.5 Å². The lowest BCUT2D eigenvalue weighted by atomic mass is 10.1. The summed E-state index contributed by atoms with van der Waals surface area (Å²) in [5.74, 6) is 0. The fourth-order valence-corrected chi connectivity index (χ4v) is 4.37. The Labute approximate surface area is 230 Å². The van der Waals surface area contributed by atoms with Gasteiger partial charge >= 0.3 is 0 Å². The number of benzene rings is 2. The van der Waals surface area contributed by atoms with Crippen LogP contribution in [0, 0.1) is 0 Å². The summed E-state index contributed by atoms with van der Waals surface area (Å²) >= 11 is 0. The lowest BCUT2D eigenvalue weighted by molar-refractivity contribution is 0.0960. The fourth-order valence-electron chi connectivity index (χ4n) is 4.37. The second-order valence-electron chi connectivity index (χ2n) is 9.51. The van der Waals surface area contributed by atoms with Crippen molar-refractivity contribution in [3.63, 3.8) is 0 Å². The van der Waals surface area contributed by atoms with E-state index in [1.54, 1.807) is 0 Å². The smallest absolute Gasteiger partial charge is 0.211 e. The average Bonchev–Trinajstić information content (AvgIpc) is 2.95. The van der Waals surface area contributed by atoms with E-state index in [9.17, 15) is 0 Å². The molecule has 0 radical (unpaired) electrons. The second kappa shape index (κ2) is 16.0. The molecular formula is C33H46N3O2+. The van der Waals surface area contributed by atoms with E-state index in [4.69, 9.17) is 9.47 Å². The van der Waals surface area contributed by atoms with Gasteiger partial charge in [0.25, 0.3) is 0 Å². The standard InChI is InChI=1S/C33H46N3O2/c1-6-10-24-34(25-11-7-2)29-16-20-32(21-17-29)36(31-14-12-28(5)13-15-31)33-22-18-30(19-23-33)35(26-37-8-3)27-38-9-4/h12-23H,5-11,24-27H2,1-4H3/q+1. The van der Waals surface area contributed by atoms with Crippen molar-refractivity contribution in [1.82, 2.24) is 4.58 Å². The Morgan fingerprint density at radius 2 is 1.08 bits per heavy atom. The molecule has 0 unspecified atom stereocenters. The molecule has 1 aliphatic rings. The van der Waals surface area contributed by atoms with E-state index < -0.39 is 0 Å². The van der Waals surface area contributed by atoms with Crippen molar-refractivity contribution in [2.45, 2.75) is 53.4 Å². The summed E-state index contributed by atoms with van der Waals surface area (Å²) in [7, 11) is 0. The van der Waals surface area contributed by atoms with Gasteiger partial charge in [-0.05, 0) is 68.7 Å². The summed E-state index contributed by atoms with van der Waals surface area (Å²) in [6.45, 7) is 17.1. The summed E-state index contributed by atoms with van der Waals surface area (Å²) in [5, 5.41) is 0. The van der Waals surface area contributed by atoms with Crippen LogP contribution in [0.1, 0.15) is 53.4 Å². The van der Waals surface area contributed by atoms with Crippen LogP contribution >= 0.6 is 0 Å². The molecule has 2 aromatic carbocycles. The number of ether oxygens (including phenoxy) is 2. The first kappa shape index (κ1) is 29.4. The van der Waals surface area contributed by atoms with E-state index in [-0.39, 0.29) is 0 Å². The predicted octanol–water partition coefficient (Wildman–Crippen LogP) is 7.85. The van der Waals surface area contributed by atoms with Crippen molar-refractivity contribution in [1.29, 1.82) is 0 Å². The summed E-state index contributed by atoms with van der Waals surface area (Å²) in [4.78, 5) is 4.63. The maximum absolute atomic E-state index is 5.68. The highest BCUT2D eigenvalue weighted by molar-refractivity contribution is 6.09. The van der Waals surface area contributed by atoms with Gasteiger partial charge in [-0.3, -0.25) is 0 Å². The molecule has 5 nitrogen and oxygen atoms in total. The molecule has 0 N–H and O–H groups in total. The highest BCUT2D eigenvalue weighted by Crippen LogP contribution is 2.28. The Morgan fingerprint density at radius 1 is 0.632 bits per heavy atom. The Morgan fingerprint density at radius 3 is 1.50 bits per heavy atom. The normalized spacial score (nSPS) is 12.7. The molecule has 0 spiro atoms. The molecule has 3 rings (SSSR count). The molecule has 38 heavy (non-hydrogen) atoms. The van der Waals surface area contributed by atoms with Crippen LogP contribution in [-0.2, 0) is 9.47 Å². The topological polar surface area (TPSA) is 27.9 Å². The van der Waals surface area contributed by atoms with Crippen LogP contribution in [0.3, 0.4) is 0 Å². The van der Waals surface area contributed by atoms with Crippen LogP contribution in [0.2, 0.25) is 0 Å². The van der Waals surface area contributed by atoms with Crippen molar-refractivity contribution in [3.8, 4) is 0 Å². The monoisotopic (exact) mass is 516 g/mol. The molecule has 1 aliphatic carbocycles. The molecule has 0 bridgehead atoms. The van der Waals surface area contributed by atoms with Crippen LogP contribution in [0.4, 0.5) is 22.7 Å². The molecular weight excluding hydrogens is 470 g/mol. The third kappa shape index (κ3) is 8.44. The van der Waals surface area contributed by atoms with Crippen LogP contribution < -0.4 is 14.4 Å². The number of unbranched alkanes of at least 4 members (excludes halogenated alkanes) is 2. The van der Waals surface area contributed by atoms with Crippen molar-refractivity contribution < 1.29 is 9.47 Å². The Kier molecular flexibility index (Phi) is 12.3. The van der Waals surface area contributed by atoms with E-state index in [0.717, 1.165) is 41.4 Å². The molecule has 0 heterocycles. The van der Waals surface area contributed by atoms with Gasteiger partial charge in [-0.2, -0.15) is 4.58 Å². The molecule has 5 heteroatoms. The van der Waals surface area contributed by atoms with Gasteiger partial charge < -0.3 is 19.3 Å². The van der Waals surface area contributed by atoms with Gasteiger partial charge in [0.2, 0.25) is 17.1 Å². The Bertz CT molecular complexity index is 985. The number of allylic oxidation sites excluding steroid dienone is 5. The van der Waals surface area contributed by atoms with Crippen molar-refractivity contribution in [2.24, 2.45) is 0 Å². The third-order valence-electron chi connectivity index (χ3n) is 6.61. The van der Waals surface area contributed by atoms with E-state index in [1.165, 1.54) is 31.4 Å². The minimum atomic E-state index is 0.499. The third-order valence-corrected chi connectivity index (χ3v) is 6.61.